The van der Waals surface area contributed by atoms with Crippen LogP contribution < -0.4 is 0 Å². The zero-order valence-electron chi connectivity index (χ0n) is 10.6. The van der Waals surface area contributed by atoms with Crippen molar-refractivity contribution in [3.8, 4) is 0 Å². The van der Waals surface area contributed by atoms with Gasteiger partial charge in [-0.25, -0.2) is 0 Å². The predicted molar refractivity (Wildman–Crippen MR) is 78.3 cm³/mol. The summed E-state index contributed by atoms with van der Waals surface area (Å²) in [6.07, 6.45) is 8.72. The first kappa shape index (κ1) is 10.7. The van der Waals surface area contributed by atoms with Gasteiger partial charge in [0, 0.05) is 5.56 Å². The molecule has 0 amide bonds. The molecular formula is C18H14O. The second-order valence-electron chi connectivity index (χ2n) is 5.30. The van der Waals surface area contributed by atoms with Crippen LogP contribution in [0.3, 0.4) is 0 Å². The van der Waals surface area contributed by atoms with Gasteiger partial charge in [0.2, 0.25) is 0 Å². The highest BCUT2D eigenvalue weighted by molar-refractivity contribution is 6.06. The number of carbonyl (C=O) groups is 1. The third-order valence-electron chi connectivity index (χ3n) is 4.24. The molecule has 0 saturated heterocycles. The van der Waals surface area contributed by atoms with E-state index in [0.717, 1.165) is 36.5 Å². The van der Waals surface area contributed by atoms with Crippen LogP contribution in [0.5, 0.6) is 0 Å². The normalized spacial score (nSPS) is 16.6. The van der Waals surface area contributed by atoms with Gasteiger partial charge in [0.15, 0.2) is 6.29 Å². The molecule has 0 bridgehead atoms. The zero-order valence-corrected chi connectivity index (χ0v) is 10.6. The molecule has 0 aromatic heterocycles. The third kappa shape index (κ3) is 1.45. The van der Waals surface area contributed by atoms with E-state index < -0.39 is 0 Å². The van der Waals surface area contributed by atoms with Crippen molar-refractivity contribution in [2.45, 2.75) is 19.3 Å². The highest BCUT2D eigenvalue weighted by Gasteiger charge is 2.25. The Bertz CT molecular complexity index is 763. The first-order valence-electron chi connectivity index (χ1n) is 6.77. The van der Waals surface area contributed by atoms with Crippen molar-refractivity contribution in [3.63, 3.8) is 0 Å². The lowest BCUT2D eigenvalue weighted by atomic mass is 9.92. The summed E-state index contributed by atoms with van der Waals surface area (Å²) in [5, 5.41) is 2.25. The molecule has 0 radical (unpaired) electrons. The number of aldehydes is 1. The van der Waals surface area contributed by atoms with E-state index in [4.69, 9.17) is 0 Å². The highest BCUT2D eigenvalue weighted by Crippen LogP contribution is 2.42. The Balaban J connectivity index is 2.10. The Morgan fingerprint density at radius 1 is 1.16 bits per heavy atom. The molecule has 4 rings (SSSR count). The number of hydrogen-bond acceptors (Lipinski definition) is 1. The van der Waals surface area contributed by atoms with Crippen molar-refractivity contribution in [3.05, 3.63) is 64.7 Å². The SMILES string of the molecule is O=Cc1c2c(cc3ccccc13)CC1=C2C=CCC1. The molecule has 0 fully saturated rings. The van der Waals surface area contributed by atoms with Crippen LogP contribution in [0.15, 0.2) is 48.1 Å². The molecule has 0 atom stereocenters. The van der Waals surface area contributed by atoms with Gasteiger partial charge < -0.3 is 0 Å². The lowest BCUT2D eigenvalue weighted by Gasteiger charge is -2.11. The first-order chi connectivity index (χ1) is 9.38. The summed E-state index contributed by atoms with van der Waals surface area (Å²) in [6.45, 7) is 0. The minimum absolute atomic E-state index is 0.865. The van der Waals surface area contributed by atoms with Crippen LogP contribution in [0.4, 0.5) is 0 Å². The van der Waals surface area contributed by atoms with Crippen LogP contribution in [0, 0.1) is 0 Å². The molecule has 0 unspecified atom stereocenters. The summed E-state index contributed by atoms with van der Waals surface area (Å²) in [4.78, 5) is 11.6. The summed E-state index contributed by atoms with van der Waals surface area (Å²) < 4.78 is 0. The average molecular weight is 246 g/mol. The number of fused-ring (bicyclic) bond motifs is 3. The molecule has 0 heterocycles. The van der Waals surface area contributed by atoms with Crippen LogP contribution in [-0.2, 0) is 6.42 Å². The molecular weight excluding hydrogens is 232 g/mol. The summed E-state index contributed by atoms with van der Waals surface area (Å²) in [7, 11) is 0. The molecule has 0 spiro atoms. The maximum atomic E-state index is 11.6. The van der Waals surface area contributed by atoms with Gasteiger partial charge >= 0.3 is 0 Å². The standard InChI is InChI=1S/C18H14O/c19-11-17-15-7-3-1-5-12(15)9-14-10-13-6-2-4-8-16(13)18(14)17/h1,3-5,7-9,11H,2,6,10H2. The third-order valence-corrected chi connectivity index (χ3v) is 4.24. The second-order valence-corrected chi connectivity index (χ2v) is 5.30. The molecule has 92 valence electrons. The fraction of sp³-hybridized carbons (Fsp3) is 0.167. The van der Waals surface area contributed by atoms with Crippen molar-refractivity contribution in [1.82, 2.24) is 0 Å². The van der Waals surface area contributed by atoms with E-state index in [1.807, 2.05) is 18.2 Å². The first-order valence-corrected chi connectivity index (χ1v) is 6.77. The zero-order chi connectivity index (χ0) is 12.8. The van der Waals surface area contributed by atoms with Gasteiger partial charge in [-0.15, -0.1) is 0 Å². The molecule has 1 nitrogen and oxygen atoms in total. The summed E-state index contributed by atoms with van der Waals surface area (Å²) >= 11 is 0. The Kier molecular flexibility index (Phi) is 2.22. The smallest absolute Gasteiger partial charge is 0.151 e. The van der Waals surface area contributed by atoms with Crippen LogP contribution in [-0.4, -0.2) is 6.29 Å². The van der Waals surface area contributed by atoms with Crippen molar-refractivity contribution in [2.24, 2.45) is 0 Å². The molecule has 19 heavy (non-hydrogen) atoms. The van der Waals surface area contributed by atoms with Gasteiger partial charge in [-0.3, -0.25) is 4.79 Å². The lowest BCUT2D eigenvalue weighted by molar-refractivity contribution is 0.112. The molecule has 2 aromatic carbocycles. The average Bonchev–Trinajstić information content (AvgIpc) is 2.82. The Labute approximate surface area is 112 Å². The summed E-state index contributed by atoms with van der Waals surface area (Å²) in [6, 6.07) is 10.4. The molecule has 1 heteroatoms. The number of benzene rings is 2. The quantitative estimate of drug-likeness (QED) is 0.685. The molecule has 0 N–H and O–H groups in total. The van der Waals surface area contributed by atoms with Crippen molar-refractivity contribution in [1.29, 1.82) is 0 Å². The van der Waals surface area contributed by atoms with Gasteiger partial charge in [-0.05, 0) is 46.7 Å². The number of carbonyl (C=O) groups excluding carboxylic acids is 1. The largest absolute Gasteiger partial charge is 0.298 e. The lowest BCUT2D eigenvalue weighted by Crippen LogP contribution is -1.95. The van der Waals surface area contributed by atoms with Crippen LogP contribution in [0.2, 0.25) is 0 Å². The van der Waals surface area contributed by atoms with Crippen molar-refractivity contribution >= 4 is 22.6 Å². The molecule has 2 aliphatic carbocycles. The maximum absolute atomic E-state index is 11.6. The molecule has 2 aromatic rings. The molecule has 0 saturated carbocycles. The van der Waals surface area contributed by atoms with E-state index in [1.165, 1.54) is 27.7 Å². The second kappa shape index (κ2) is 3.92. The van der Waals surface area contributed by atoms with Crippen molar-refractivity contribution < 1.29 is 4.79 Å². The molecule has 2 aliphatic rings. The van der Waals surface area contributed by atoms with Gasteiger partial charge in [-0.1, -0.05) is 48.1 Å². The van der Waals surface area contributed by atoms with Crippen LogP contribution >= 0.6 is 0 Å². The van der Waals surface area contributed by atoms with E-state index in [1.54, 1.807) is 0 Å². The van der Waals surface area contributed by atoms with Gasteiger partial charge in [0.05, 0.1) is 0 Å². The van der Waals surface area contributed by atoms with E-state index in [-0.39, 0.29) is 0 Å². The number of allylic oxidation sites excluding steroid dienone is 4. The van der Waals surface area contributed by atoms with Gasteiger partial charge in [0.25, 0.3) is 0 Å². The van der Waals surface area contributed by atoms with E-state index in [9.17, 15) is 4.79 Å². The predicted octanol–water partition coefficient (Wildman–Crippen LogP) is 4.31. The van der Waals surface area contributed by atoms with Gasteiger partial charge in [-0.2, -0.15) is 0 Å². The number of rotatable bonds is 1. The summed E-state index contributed by atoms with van der Waals surface area (Å²) in [5.41, 5.74) is 6.16. The highest BCUT2D eigenvalue weighted by atomic mass is 16.1. The molecule has 0 aliphatic heterocycles. The Morgan fingerprint density at radius 2 is 2.05 bits per heavy atom. The van der Waals surface area contributed by atoms with Crippen LogP contribution in [0.25, 0.3) is 16.3 Å². The number of hydrogen-bond donors (Lipinski definition) is 0. The fourth-order valence-corrected chi connectivity index (χ4v) is 3.40. The van der Waals surface area contributed by atoms with E-state index >= 15 is 0 Å². The van der Waals surface area contributed by atoms with Crippen LogP contribution in [0.1, 0.15) is 34.3 Å². The minimum atomic E-state index is 0.865. The fourth-order valence-electron chi connectivity index (χ4n) is 3.40. The Hall–Kier alpha value is -2.15. The summed E-state index contributed by atoms with van der Waals surface area (Å²) in [5.74, 6) is 0. The van der Waals surface area contributed by atoms with Crippen molar-refractivity contribution in [2.75, 3.05) is 0 Å². The minimum Gasteiger partial charge on any atom is -0.298 e. The van der Waals surface area contributed by atoms with E-state index in [2.05, 4.69) is 24.3 Å². The Morgan fingerprint density at radius 3 is 2.95 bits per heavy atom. The van der Waals surface area contributed by atoms with E-state index in [0.29, 0.717) is 0 Å². The monoisotopic (exact) mass is 246 g/mol. The topological polar surface area (TPSA) is 17.1 Å². The van der Waals surface area contributed by atoms with Gasteiger partial charge in [0.1, 0.15) is 0 Å². The maximum Gasteiger partial charge on any atom is 0.151 e.